The minimum Gasteiger partial charge on any atom is -0.383 e. The number of ether oxygens (including phenoxy) is 1. The van der Waals surface area contributed by atoms with Gasteiger partial charge in [-0.1, -0.05) is 0 Å². The van der Waals surface area contributed by atoms with Gasteiger partial charge in [0.25, 0.3) is 0 Å². The van der Waals surface area contributed by atoms with Crippen LogP contribution in [0.5, 0.6) is 0 Å². The van der Waals surface area contributed by atoms with Gasteiger partial charge in [-0.3, -0.25) is 9.36 Å². The summed E-state index contributed by atoms with van der Waals surface area (Å²) in [5, 5.41) is 2.82. The first-order chi connectivity index (χ1) is 10.1. The van der Waals surface area contributed by atoms with Crippen molar-refractivity contribution in [3.8, 4) is 0 Å². The Morgan fingerprint density at radius 3 is 3.00 bits per heavy atom. The van der Waals surface area contributed by atoms with E-state index in [1.807, 2.05) is 19.9 Å². The van der Waals surface area contributed by atoms with Crippen LogP contribution in [0.2, 0.25) is 0 Å². The van der Waals surface area contributed by atoms with Crippen molar-refractivity contribution < 1.29 is 9.53 Å². The molecule has 0 bridgehead atoms. The van der Waals surface area contributed by atoms with Crippen LogP contribution in [0.1, 0.15) is 24.4 Å². The number of nitrogens with one attached hydrogen (secondary N) is 1. The molecular formula is C14H19ClN4O2. The number of imidazole rings is 1. The summed E-state index contributed by atoms with van der Waals surface area (Å²) in [4.78, 5) is 21.1. The average Bonchev–Trinajstić information content (AvgIpc) is 2.86. The number of halogens is 1. The van der Waals surface area contributed by atoms with Crippen LogP contribution in [0.4, 0.5) is 0 Å². The van der Waals surface area contributed by atoms with E-state index in [0.717, 1.165) is 11.1 Å². The van der Waals surface area contributed by atoms with E-state index in [2.05, 4.69) is 15.3 Å². The van der Waals surface area contributed by atoms with Gasteiger partial charge in [-0.05, 0) is 25.5 Å². The van der Waals surface area contributed by atoms with Gasteiger partial charge in [0.2, 0.25) is 5.91 Å². The molecular weight excluding hydrogens is 292 g/mol. The number of alkyl halides is 1. The molecule has 0 saturated heterocycles. The fourth-order valence-corrected chi connectivity index (χ4v) is 2.39. The van der Waals surface area contributed by atoms with Crippen LogP contribution < -0.4 is 5.32 Å². The van der Waals surface area contributed by atoms with E-state index >= 15 is 0 Å². The van der Waals surface area contributed by atoms with E-state index in [9.17, 15) is 4.79 Å². The highest BCUT2D eigenvalue weighted by molar-refractivity contribution is 6.16. The monoisotopic (exact) mass is 310 g/mol. The Morgan fingerprint density at radius 2 is 2.33 bits per heavy atom. The molecule has 0 aliphatic carbocycles. The number of carbonyl (C=O) groups excluding carboxylic acids is 1. The molecule has 0 aliphatic heterocycles. The summed E-state index contributed by atoms with van der Waals surface area (Å²) < 4.78 is 6.72. The number of carbonyl (C=O) groups is 1. The van der Waals surface area contributed by atoms with Crippen molar-refractivity contribution in [2.45, 2.75) is 25.8 Å². The van der Waals surface area contributed by atoms with Crippen LogP contribution in [0, 0.1) is 6.92 Å². The molecule has 0 fully saturated rings. The van der Waals surface area contributed by atoms with E-state index in [0.29, 0.717) is 24.6 Å². The predicted octanol–water partition coefficient (Wildman–Crippen LogP) is 1.80. The Morgan fingerprint density at radius 1 is 1.57 bits per heavy atom. The first-order valence-electron chi connectivity index (χ1n) is 6.75. The lowest BCUT2D eigenvalue weighted by molar-refractivity contribution is -0.124. The van der Waals surface area contributed by atoms with Crippen molar-refractivity contribution >= 4 is 28.7 Å². The standard InChI is InChI=1S/C14H19ClN4O2/c1-9-4-5-16-13-12(9)18-11(8-15)19(13)10(2)14(20)17-6-7-21-3/h4-5,10H,6-8H2,1-3H3,(H,17,20). The number of aryl methyl sites for hydroxylation is 1. The first kappa shape index (κ1) is 15.7. The Labute approximate surface area is 128 Å². The minimum atomic E-state index is -0.435. The van der Waals surface area contributed by atoms with Crippen molar-refractivity contribution in [2.75, 3.05) is 20.3 Å². The average molecular weight is 311 g/mol. The van der Waals surface area contributed by atoms with Crippen molar-refractivity contribution in [2.24, 2.45) is 0 Å². The van der Waals surface area contributed by atoms with Crippen molar-refractivity contribution in [3.63, 3.8) is 0 Å². The number of amides is 1. The highest BCUT2D eigenvalue weighted by atomic mass is 35.5. The molecule has 0 saturated carbocycles. The topological polar surface area (TPSA) is 69.0 Å². The Bertz CT molecular complexity index is 641. The maximum Gasteiger partial charge on any atom is 0.242 e. The highest BCUT2D eigenvalue weighted by Crippen LogP contribution is 2.23. The lowest BCUT2D eigenvalue weighted by Crippen LogP contribution is -2.33. The number of methoxy groups -OCH3 is 1. The molecule has 0 aliphatic rings. The van der Waals surface area contributed by atoms with Gasteiger partial charge < -0.3 is 10.1 Å². The molecule has 2 aromatic rings. The van der Waals surface area contributed by atoms with Gasteiger partial charge in [0.1, 0.15) is 17.4 Å². The number of pyridine rings is 1. The number of nitrogens with zero attached hydrogens (tertiary/aromatic N) is 3. The molecule has 0 spiro atoms. The molecule has 0 aromatic carbocycles. The summed E-state index contributed by atoms with van der Waals surface area (Å²) in [7, 11) is 1.59. The van der Waals surface area contributed by atoms with Crippen molar-refractivity contribution in [1.29, 1.82) is 0 Å². The second-order valence-electron chi connectivity index (χ2n) is 4.79. The van der Waals surface area contributed by atoms with Gasteiger partial charge in [0, 0.05) is 19.9 Å². The third kappa shape index (κ3) is 3.16. The predicted molar refractivity (Wildman–Crippen MR) is 81.4 cm³/mol. The van der Waals surface area contributed by atoms with E-state index in [1.54, 1.807) is 17.9 Å². The molecule has 1 unspecified atom stereocenters. The van der Waals surface area contributed by atoms with E-state index in [4.69, 9.17) is 16.3 Å². The molecule has 2 heterocycles. The first-order valence-corrected chi connectivity index (χ1v) is 7.28. The lowest BCUT2D eigenvalue weighted by Gasteiger charge is -2.16. The molecule has 1 amide bonds. The molecule has 2 aromatic heterocycles. The zero-order valence-electron chi connectivity index (χ0n) is 12.4. The van der Waals surface area contributed by atoms with Gasteiger partial charge in [-0.2, -0.15) is 0 Å². The number of hydrogen-bond acceptors (Lipinski definition) is 4. The van der Waals surface area contributed by atoms with Gasteiger partial charge in [0.05, 0.1) is 12.5 Å². The fraction of sp³-hybridized carbons (Fsp3) is 0.500. The number of rotatable bonds is 6. The minimum absolute atomic E-state index is 0.110. The maximum atomic E-state index is 12.2. The summed E-state index contributed by atoms with van der Waals surface area (Å²) in [6.07, 6.45) is 1.71. The maximum absolute atomic E-state index is 12.2. The number of aromatic nitrogens is 3. The van der Waals surface area contributed by atoms with Crippen LogP contribution in [0.15, 0.2) is 12.3 Å². The van der Waals surface area contributed by atoms with Crippen molar-refractivity contribution in [3.05, 3.63) is 23.7 Å². The molecule has 21 heavy (non-hydrogen) atoms. The molecule has 1 atom stereocenters. The smallest absolute Gasteiger partial charge is 0.242 e. The van der Waals surface area contributed by atoms with Crippen LogP contribution in [0.25, 0.3) is 11.2 Å². The van der Waals surface area contributed by atoms with Gasteiger partial charge in [-0.15, -0.1) is 11.6 Å². The number of fused-ring (bicyclic) bond motifs is 1. The molecule has 2 rings (SSSR count). The quantitative estimate of drug-likeness (QED) is 0.652. The largest absolute Gasteiger partial charge is 0.383 e. The fourth-order valence-electron chi connectivity index (χ4n) is 2.20. The molecule has 1 N–H and O–H groups in total. The molecule has 7 heteroatoms. The summed E-state index contributed by atoms with van der Waals surface area (Å²) in [6.45, 7) is 4.71. The Balaban J connectivity index is 2.35. The summed E-state index contributed by atoms with van der Waals surface area (Å²) in [5.41, 5.74) is 2.47. The molecule has 114 valence electrons. The van der Waals surface area contributed by atoms with E-state index < -0.39 is 6.04 Å². The summed E-state index contributed by atoms with van der Waals surface area (Å²) in [6, 6.07) is 1.45. The lowest BCUT2D eigenvalue weighted by atomic mass is 10.2. The Kier molecular flexibility index (Phi) is 5.14. The molecule has 0 radical (unpaired) electrons. The highest BCUT2D eigenvalue weighted by Gasteiger charge is 2.22. The second-order valence-corrected chi connectivity index (χ2v) is 5.06. The zero-order valence-corrected chi connectivity index (χ0v) is 13.1. The summed E-state index contributed by atoms with van der Waals surface area (Å²) >= 11 is 5.97. The van der Waals surface area contributed by atoms with E-state index in [-0.39, 0.29) is 11.8 Å². The normalized spacial score (nSPS) is 12.6. The van der Waals surface area contributed by atoms with Gasteiger partial charge in [0.15, 0.2) is 5.65 Å². The van der Waals surface area contributed by atoms with Crippen LogP contribution in [-0.2, 0) is 15.4 Å². The van der Waals surface area contributed by atoms with Gasteiger partial charge in [-0.25, -0.2) is 9.97 Å². The molecule has 6 nitrogen and oxygen atoms in total. The second kappa shape index (κ2) is 6.87. The van der Waals surface area contributed by atoms with Crippen molar-refractivity contribution in [1.82, 2.24) is 19.9 Å². The van der Waals surface area contributed by atoms with Crippen LogP contribution in [-0.4, -0.2) is 40.7 Å². The van der Waals surface area contributed by atoms with Crippen LogP contribution >= 0.6 is 11.6 Å². The zero-order chi connectivity index (χ0) is 15.4. The third-order valence-electron chi connectivity index (χ3n) is 3.35. The summed E-state index contributed by atoms with van der Waals surface area (Å²) in [5.74, 6) is 0.759. The number of hydrogen-bond donors (Lipinski definition) is 1. The Hall–Kier alpha value is -1.66. The van der Waals surface area contributed by atoms with Crippen LogP contribution in [0.3, 0.4) is 0 Å². The van der Waals surface area contributed by atoms with E-state index in [1.165, 1.54) is 0 Å². The van der Waals surface area contributed by atoms with Gasteiger partial charge >= 0.3 is 0 Å². The third-order valence-corrected chi connectivity index (χ3v) is 3.58. The SMILES string of the molecule is COCCNC(=O)C(C)n1c(CCl)nc2c(C)ccnc21.